The van der Waals surface area contributed by atoms with Gasteiger partial charge in [0.1, 0.15) is 11.2 Å². The summed E-state index contributed by atoms with van der Waals surface area (Å²) in [4.78, 5) is 18.0. The molecule has 4 rings (SSSR count). The number of aromatic nitrogens is 1. The molecule has 5 heteroatoms. The maximum atomic E-state index is 13.3. The van der Waals surface area contributed by atoms with Crippen LogP contribution in [0, 0.1) is 11.5 Å². The molecule has 33 heavy (non-hydrogen) atoms. The van der Waals surface area contributed by atoms with E-state index in [1.807, 2.05) is 98.8 Å². The number of carbonyl (C=O) groups excluding carboxylic acids is 1. The molecule has 0 bridgehead atoms. The lowest BCUT2D eigenvalue weighted by Crippen LogP contribution is -2.50. The van der Waals surface area contributed by atoms with Crippen molar-refractivity contribution in [1.82, 2.24) is 4.98 Å². The number of fused-ring (bicyclic) bond motifs is 1. The van der Waals surface area contributed by atoms with Gasteiger partial charge in [-0.25, -0.2) is 9.78 Å². The number of ether oxygens (including phenoxy) is 2. The van der Waals surface area contributed by atoms with Crippen molar-refractivity contribution in [3.05, 3.63) is 102 Å². The predicted molar refractivity (Wildman–Crippen MR) is 127 cm³/mol. The Kier molecular flexibility index (Phi) is 5.85. The standard InChI is InChI=1S/C28H24N2O3/c1-27(2,24-14-9-15-25(30-24)33-23-12-5-4-6-13-23)28(3,26(31)32-19-29)22-17-16-20-10-7-8-11-21(20)18-22/h4-18H,1-3H3. The summed E-state index contributed by atoms with van der Waals surface area (Å²) in [5.41, 5.74) is -0.672. The smallest absolute Gasteiger partial charge is 0.332 e. The highest BCUT2D eigenvalue weighted by molar-refractivity contribution is 5.89. The van der Waals surface area contributed by atoms with E-state index >= 15 is 0 Å². The van der Waals surface area contributed by atoms with E-state index in [9.17, 15) is 4.79 Å². The molecule has 0 fully saturated rings. The van der Waals surface area contributed by atoms with E-state index in [0.717, 1.165) is 16.3 Å². The third kappa shape index (κ3) is 4.04. The summed E-state index contributed by atoms with van der Waals surface area (Å²) >= 11 is 0. The van der Waals surface area contributed by atoms with Gasteiger partial charge in [-0.2, -0.15) is 0 Å². The van der Waals surface area contributed by atoms with Gasteiger partial charge in [0.05, 0.1) is 5.69 Å². The second kappa shape index (κ2) is 8.76. The van der Waals surface area contributed by atoms with Gasteiger partial charge in [0.25, 0.3) is 6.26 Å². The van der Waals surface area contributed by atoms with Gasteiger partial charge in [0.2, 0.25) is 5.88 Å². The Balaban J connectivity index is 1.82. The van der Waals surface area contributed by atoms with Crippen LogP contribution >= 0.6 is 0 Å². The van der Waals surface area contributed by atoms with Gasteiger partial charge in [-0.15, -0.1) is 5.26 Å². The van der Waals surface area contributed by atoms with Crippen molar-refractivity contribution in [3.63, 3.8) is 0 Å². The fourth-order valence-electron chi connectivity index (χ4n) is 4.06. The van der Waals surface area contributed by atoms with E-state index in [4.69, 9.17) is 19.7 Å². The van der Waals surface area contributed by atoms with Crippen molar-refractivity contribution >= 4 is 16.7 Å². The van der Waals surface area contributed by atoms with Crippen molar-refractivity contribution in [3.8, 4) is 17.9 Å². The van der Waals surface area contributed by atoms with Gasteiger partial charge >= 0.3 is 5.97 Å². The summed E-state index contributed by atoms with van der Waals surface area (Å²) in [5.74, 6) is 0.448. The van der Waals surface area contributed by atoms with Crippen LogP contribution in [0.25, 0.3) is 10.8 Å². The van der Waals surface area contributed by atoms with Gasteiger partial charge in [0.15, 0.2) is 0 Å². The van der Waals surface area contributed by atoms with Crippen molar-refractivity contribution in [2.75, 3.05) is 0 Å². The molecule has 5 nitrogen and oxygen atoms in total. The fraction of sp³-hybridized carbons (Fsp3) is 0.179. The second-order valence-corrected chi connectivity index (χ2v) is 8.57. The van der Waals surface area contributed by atoms with Gasteiger partial charge in [0, 0.05) is 11.5 Å². The third-order valence-corrected chi connectivity index (χ3v) is 6.45. The van der Waals surface area contributed by atoms with E-state index < -0.39 is 16.8 Å². The normalized spacial score (nSPS) is 13.0. The third-order valence-electron chi connectivity index (χ3n) is 6.45. The van der Waals surface area contributed by atoms with E-state index in [0.29, 0.717) is 17.3 Å². The summed E-state index contributed by atoms with van der Waals surface area (Å²) in [6.07, 6.45) is 1.55. The van der Waals surface area contributed by atoms with Crippen LogP contribution in [-0.2, 0) is 20.4 Å². The van der Waals surface area contributed by atoms with E-state index in [2.05, 4.69) is 0 Å². The van der Waals surface area contributed by atoms with Crippen LogP contribution in [0.1, 0.15) is 32.0 Å². The lowest BCUT2D eigenvalue weighted by Gasteiger charge is -2.41. The SMILES string of the molecule is CC(C)(c1cccc(Oc2ccccc2)n1)C(C)(C(=O)OC#N)c1ccc2ccccc2c1. The molecule has 0 radical (unpaired) electrons. The van der Waals surface area contributed by atoms with Gasteiger partial charge in [-0.3, -0.25) is 0 Å². The Morgan fingerprint density at radius 2 is 1.55 bits per heavy atom. The highest BCUT2D eigenvalue weighted by Gasteiger charge is 2.52. The Morgan fingerprint density at radius 1 is 0.848 bits per heavy atom. The summed E-state index contributed by atoms with van der Waals surface area (Å²) in [5, 5.41) is 11.2. The van der Waals surface area contributed by atoms with Crippen LogP contribution in [-0.4, -0.2) is 11.0 Å². The number of rotatable bonds is 6. The minimum absolute atomic E-state index is 0.418. The first kappa shape index (κ1) is 22.0. The molecule has 1 heterocycles. The predicted octanol–water partition coefficient (Wildman–Crippen LogP) is 6.29. The molecule has 0 aliphatic rings. The Morgan fingerprint density at radius 3 is 2.27 bits per heavy atom. The molecular formula is C28H24N2O3. The van der Waals surface area contributed by atoms with E-state index in [1.54, 1.807) is 19.2 Å². The van der Waals surface area contributed by atoms with Crippen LogP contribution in [0.15, 0.2) is 91.0 Å². The van der Waals surface area contributed by atoms with Crippen LogP contribution in [0.4, 0.5) is 0 Å². The van der Waals surface area contributed by atoms with Crippen LogP contribution in [0.3, 0.4) is 0 Å². The van der Waals surface area contributed by atoms with Crippen molar-refractivity contribution in [2.45, 2.75) is 31.6 Å². The number of para-hydroxylation sites is 1. The minimum atomic E-state index is -1.20. The molecule has 0 spiro atoms. The molecule has 0 N–H and O–H groups in total. The topological polar surface area (TPSA) is 72.2 Å². The van der Waals surface area contributed by atoms with Crippen LogP contribution in [0.2, 0.25) is 0 Å². The quantitative estimate of drug-likeness (QED) is 0.262. The van der Waals surface area contributed by atoms with Gasteiger partial charge in [-0.1, -0.05) is 74.5 Å². The fourth-order valence-corrected chi connectivity index (χ4v) is 4.06. The molecule has 4 aromatic rings. The zero-order valence-electron chi connectivity index (χ0n) is 18.8. The molecule has 3 aromatic carbocycles. The first-order valence-electron chi connectivity index (χ1n) is 10.7. The Bertz CT molecular complexity index is 1340. The number of hydrogen-bond donors (Lipinski definition) is 0. The maximum absolute atomic E-state index is 13.3. The summed E-state index contributed by atoms with van der Waals surface area (Å²) < 4.78 is 10.8. The van der Waals surface area contributed by atoms with E-state index in [-0.39, 0.29) is 0 Å². The van der Waals surface area contributed by atoms with Gasteiger partial charge in [-0.05, 0) is 47.5 Å². The first-order valence-corrected chi connectivity index (χ1v) is 10.7. The molecule has 1 unspecified atom stereocenters. The number of carbonyl (C=O) groups is 1. The number of benzene rings is 3. The average Bonchev–Trinajstić information content (AvgIpc) is 2.84. The number of hydrogen-bond acceptors (Lipinski definition) is 5. The number of nitrogens with zero attached hydrogens (tertiary/aromatic N) is 2. The molecule has 0 amide bonds. The first-order chi connectivity index (χ1) is 15.9. The zero-order chi connectivity index (χ0) is 23.5. The molecule has 1 aromatic heterocycles. The largest absolute Gasteiger partial charge is 0.439 e. The lowest BCUT2D eigenvalue weighted by molar-refractivity contribution is -0.145. The van der Waals surface area contributed by atoms with Crippen LogP contribution < -0.4 is 4.74 Å². The van der Waals surface area contributed by atoms with Crippen LogP contribution in [0.5, 0.6) is 11.6 Å². The van der Waals surface area contributed by atoms with E-state index in [1.165, 1.54) is 0 Å². The molecule has 0 aliphatic carbocycles. The molecule has 0 aliphatic heterocycles. The number of pyridine rings is 1. The average molecular weight is 437 g/mol. The monoisotopic (exact) mass is 436 g/mol. The molecule has 1 atom stereocenters. The molecule has 164 valence electrons. The second-order valence-electron chi connectivity index (χ2n) is 8.57. The Labute approximate surface area is 193 Å². The highest BCUT2D eigenvalue weighted by atomic mass is 16.5. The molecule has 0 saturated carbocycles. The maximum Gasteiger partial charge on any atom is 0.332 e. The number of esters is 1. The van der Waals surface area contributed by atoms with Gasteiger partial charge < -0.3 is 9.47 Å². The summed E-state index contributed by atoms with van der Waals surface area (Å²) in [7, 11) is 0. The van der Waals surface area contributed by atoms with Crippen molar-refractivity contribution in [1.29, 1.82) is 5.26 Å². The lowest BCUT2D eigenvalue weighted by atomic mass is 9.61. The molecular weight excluding hydrogens is 412 g/mol. The Hall–Kier alpha value is -4.17. The molecule has 0 saturated heterocycles. The van der Waals surface area contributed by atoms with Crippen molar-refractivity contribution in [2.24, 2.45) is 0 Å². The minimum Gasteiger partial charge on any atom is -0.439 e. The zero-order valence-corrected chi connectivity index (χ0v) is 18.8. The van der Waals surface area contributed by atoms with Crippen molar-refractivity contribution < 1.29 is 14.3 Å². The highest BCUT2D eigenvalue weighted by Crippen LogP contribution is 2.45. The summed E-state index contributed by atoms with van der Waals surface area (Å²) in [6.45, 7) is 5.65. The summed E-state index contributed by atoms with van der Waals surface area (Å²) in [6, 6.07) is 28.6. The number of nitriles is 1.